The van der Waals surface area contributed by atoms with Crippen LogP contribution in [0, 0.1) is 6.92 Å². The summed E-state index contributed by atoms with van der Waals surface area (Å²) in [6.07, 6.45) is 1.84. The van der Waals surface area contributed by atoms with Crippen molar-refractivity contribution in [3.05, 3.63) is 23.5 Å². The van der Waals surface area contributed by atoms with Crippen LogP contribution in [0.5, 0.6) is 0 Å². The Morgan fingerprint density at radius 3 is 2.40 bits per heavy atom. The lowest BCUT2D eigenvalue weighted by Crippen LogP contribution is -1.88. The molecule has 0 saturated carbocycles. The molecule has 0 fully saturated rings. The zero-order valence-corrected chi connectivity index (χ0v) is 6.51. The Balaban J connectivity index is 3.10. The first kappa shape index (κ1) is 7.06. The minimum atomic E-state index is 0.128. The molecule has 0 amide bonds. The summed E-state index contributed by atoms with van der Waals surface area (Å²) in [5, 5.41) is 0. The second-order valence-electron chi connectivity index (χ2n) is 2.54. The van der Waals surface area contributed by atoms with Crippen LogP contribution < -0.4 is 0 Å². The summed E-state index contributed by atoms with van der Waals surface area (Å²) in [5.41, 5.74) is 1.91. The fraction of sp³-hybridized carbons (Fsp3) is 0.375. The van der Waals surface area contributed by atoms with Gasteiger partial charge in [0.25, 0.3) is 0 Å². The van der Waals surface area contributed by atoms with Gasteiger partial charge in [0.1, 0.15) is 0 Å². The van der Waals surface area contributed by atoms with Crippen LogP contribution in [0.1, 0.15) is 23.0 Å². The molecule has 1 aromatic rings. The molecule has 0 N–H and O–H groups in total. The van der Waals surface area contributed by atoms with Crippen LogP contribution in [-0.2, 0) is 7.05 Å². The van der Waals surface area contributed by atoms with E-state index in [4.69, 9.17) is 0 Å². The van der Waals surface area contributed by atoms with E-state index in [1.165, 1.54) is 0 Å². The second-order valence-corrected chi connectivity index (χ2v) is 2.54. The highest BCUT2D eigenvalue weighted by Gasteiger charge is 2.01. The average molecular weight is 137 g/mol. The smallest absolute Gasteiger partial charge is 0.161 e. The summed E-state index contributed by atoms with van der Waals surface area (Å²) in [6, 6.07) is 1.89. The first-order chi connectivity index (χ1) is 4.61. The molecule has 1 rings (SSSR count). The Morgan fingerprint density at radius 2 is 2.20 bits per heavy atom. The molecule has 0 atom stereocenters. The lowest BCUT2D eigenvalue weighted by atomic mass is 10.2. The number of aryl methyl sites for hydroxylation is 2. The molecule has 1 heterocycles. The molecule has 2 nitrogen and oxygen atoms in total. The lowest BCUT2D eigenvalue weighted by molar-refractivity contribution is 0.101. The molecule has 0 aliphatic heterocycles. The topological polar surface area (TPSA) is 22.0 Å². The molecule has 1 aromatic heterocycles. The van der Waals surface area contributed by atoms with Gasteiger partial charge in [-0.3, -0.25) is 4.79 Å². The van der Waals surface area contributed by atoms with Crippen molar-refractivity contribution in [2.24, 2.45) is 7.05 Å². The number of ketones is 1. The Morgan fingerprint density at radius 1 is 1.60 bits per heavy atom. The number of aromatic nitrogens is 1. The number of hydrogen-bond donors (Lipinski definition) is 0. The molecule has 54 valence electrons. The Labute approximate surface area is 60.5 Å². The van der Waals surface area contributed by atoms with E-state index in [0.717, 1.165) is 11.3 Å². The molecule has 0 aliphatic rings. The molecular weight excluding hydrogens is 126 g/mol. The van der Waals surface area contributed by atoms with E-state index in [9.17, 15) is 4.79 Å². The highest BCUT2D eigenvalue weighted by Crippen LogP contribution is 2.05. The van der Waals surface area contributed by atoms with Crippen molar-refractivity contribution in [3.8, 4) is 0 Å². The van der Waals surface area contributed by atoms with Gasteiger partial charge in [0.05, 0.1) is 0 Å². The zero-order chi connectivity index (χ0) is 7.72. The van der Waals surface area contributed by atoms with Crippen LogP contribution >= 0.6 is 0 Å². The van der Waals surface area contributed by atoms with E-state index in [1.807, 2.05) is 30.8 Å². The summed E-state index contributed by atoms with van der Waals surface area (Å²) in [5.74, 6) is 0.128. The van der Waals surface area contributed by atoms with E-state index in [1.54, 1.807) is 6.92 Å². The Bertz CT molecular complexity index is 241. The maximum Gasteiger partial charge on any atom is 0.161 e. The molecular formula is C8H11NO. The third-order valence-electron chi connectivity index (χ3n) is 1.66. The van der Waals surface area contributed by atoms with Crippen LogP contribution in [0.2, 0.25) is 0 Å². The summed E-state index contributed by atoms with van der Waals surface area (Å²) >= 11 is 0. The molecule has 10 heavy (non-hydrogen) atoms. The Kier molecular flexibility index (Phi) is 1.62. The van der Waals surface area contributed by atoms with Gasteiger partial charge in [-0.1, -0.05) is 0 Å². The molecule has 0 saturated heterocycles. The molecule has 2 heteroatoms. The normalized spacial score (nSPS) is 9.90. The van der Waals surface area contributed by atoms with E-state index in [0.29, 0.717) is 0 Å². The molecule has 0 aromatic carbocycles. The van der Waals surface area contributed by atoms with Gasteiger partial charge in [0.15, 0.2) is 5.78 Å². The fourth-order valence-corrected chi connectivity index (χ4v) is 0.867. The first-order valence-electron chi connectivity index (χ1n) is 3.25. The summed E-state index contributed by atoms with van der Waals surface area (Å²) in [4.78, 5) is 10.8. The monoisotopic (exact) mass is 137 g/mol. The Hall–Kier alpha value is -1.05. The lowest BCUT2D eigenvalue weighted by Gasteiger charge is -1.89. The molecule has 0 unspecified atom stereocenters. The molecule has 0 aliphatic carbocycles. The maximum absolute atomic E-state index is 10.8. The number of hydrogen-bond acceptors (Lipinski definition) is 1. The van der Waals surface area contributed by atoms with Gasteiger partial charge in [-0.15, -0.1) is 0 Å². The number of rotatable bonds is 1. The SMILES string of the molecule is CC(=O)c1cc(C)n(C)c1. The van der Waals surface area contributed by atoms with E-state index in [2.05, 4.69) is 0 Å². The van der Waals surface area contributed by atoms with Gasteiger partial charge in [-0.25, -0.2) is 0 Å². The molecule has 0 bridgehead atoms. The summed E-state index contributed by atoms with van der Waals surface area (Å²) in [7, 11) is 1.93. The highest BCUT2D eigenvalue weighted by molar-refractivity contribution is 5.94. The van der Waals surface area contributed by atoms with E-state index in [-0.39, 0.29) is 5.78 Å². The summed E-state index contributed by atoms with van der Waals surface area (Å²) < 4.78 is 1.94. The van der Waals surface area contributed by atoms with Crippen molar-refractivity contribution in [1.82, 2.24) is 4.57 Å². The zero-order valence-electron chi connectivity index (χ0n) is 6.51. The predicted octanol–water partition coefficient (Wildman–Crippen LogP) is 1.54. The van der Waals surface area contributed by atoms with Crippen molar-refractivity contribution in [1.29, 1.82) is 0 Å². The number of Topliss-reactive ketones (excluding diaryl/α,β-unsaturated/α-hetero) is 1. The third kappa shape index (κ3) is 1.10. The first-order valence-corrected chi connectivity index (χ1v) is 3.25. The number of carbonyl (C=O) groups is 1. The van der Waals surface area contributed by atoms with Gasteiger partial charge in [-0.05, 0) is 19.9 Å². The fourth-order valence-electron chi connectivity index (χ4n) is 0.867. The maximum atomic E-state index is 10.8. The van der Waals surface area contributed by atoms with Crippen LogP contribution in [0.15, 0.2) is 12.3 Å². The van der Waals surface area contributed by atoms with Crippen molar-refractivity contribution >= 4 is 5.78 Å². The molecule has 0 spiro atoms. The largest absolute Gasteiger partial charge is 0.354 e. The van der Waals surface area contributed by atoms with Crippen molar-refractivity contribution in [2.75, 3.05) is 0 Å². The standard InChI is InChI=1S/C8H11NO/c1-6-4-8(7(2)10)5-9(6)3/h4-5H,1-3H3. The quantitative estimate of drug-likeness (QED) is 0.538. The van der Waals surface area contributed by atoms with Gasteiger partial charge in [-0.2, -0.15) is 0 Å². The average Bonchev–Trinajstić information content (AvgIpc) is 2.13. The number of carbonyl (C=O) groups excluding carboxylic acids is 1. The second kappa shape index (κ2) is 2.29. The van der Waals surface area contributed by atoms with Gasteiger partial charge in [0, 0.05) is 24.5 Å². The van der Waals surface area contributed by atoms with Gasteiger partial charge in [0.2, 0.25) is 0 Å². The minimum absolute atomic E-state index is 0.128. The molecule has 0 radical (unpaired) electrons. The van der Waals surface area contributed by atoms with Gasteiger partial charge >= 0.3 is 0 Å². The predicted molar refractivity (Wildman–Crippen MR) is 40.2 cm³/mol. The van der Waals surface area contributed by atoms with E-state index >= 15 is 0 Å². The van der Waals surface area contributed by atoms with Gasteiger partial charge < -0.3 is 4.57 Å². The third-order valence-corrected chi connectivity index (χ3v) is 1.66. The van der Waals surface area contributed by atoms with Crippen molar-refractivity contribution in [2.45, 2.75) is 13.8 Å². The van der Waals surface area contributed by atoms with Crippen LogP contribution in [0.4, 0.5) is 0 Å². The minimum Gasteiger partial charge on any atom is -0.354 e. The highest BCUT2D eigenvalue weighted by atomic mass is 16.1. The van der Waals surface area contributed by atoms with Crippen LogP contribution in [0.3, 0.4) is 0 Å². The van der Waals surface area contributed by atoms with Crippen LogP contribution in [-0.4, -0.2) is 10.4 Å². The number of nitrogens with zero attached hydrogens (tertiary/aromatic N) is 1. The van der Waals surface area contributed by atoms with Crippen molar-refractivity contribution in [3.63, 3.8) is 0 Å². The van der Waals surface area contributed by atoms with E-state index < -0.39 is 0 Å². The van der Waals surface area contributed by atoms with Crippen LogP contribution in [0.25, 0.3) is 0 Å². The summed E-state index contributed by atoms with van der Waals surface area (Å²) in [6.45, 7) is 3.56. The van der Waals surface area contributed by atoms with Crippen molar-refractivity contribution < 1.29 is 4.79 Å².